The van der Waals surface area contributed by atoms with Crippen molar-refractivity contribution in [3.63, 3.8) is 0 Å². The number of rotatable bonds is 3. The van der Waals surface area contributed by atoms with E-state index in [0.717, 1.165) is 25.3 Å². The molecule has 16 heavy (non-hydrogen) atoms. The van der Waals surface area contributed by atoms with Crippen molar-refractivity contribution >= 4 is 5.91 Å². The van der Waals surface area contributed by atoms with Gasteiger partial charge < -0.3 is 10.6 Å². The molecule has 3 nitrogen and oxygen atoms in total. The molecule has 3 heteroatoms. The Morgan fingerprint density at radius 3 is 2.62 bits per heavy atom. The van der Waals surface area contributed by atoms with Crippen molar-refractivity contribution in [1.82, 2.24) is 4.90 Å². The van der Waals surface area contributed by atoms with E-state index in [9.17, 15) is 4.79 Å². The number of hydrogen-bond acceptors (Lipinski definition) is 2. The zero-order chi connectivity index (χ0) is 12.1. The van der Waals surface area contributed by atoms with Gasteiger partial charge in [-0.05, 0) is 31.1 Å². The van der Waals surface area contributed by atoms with Crippen LogP contribution in [0.1, 0.15) is 46.5 Å². The summed E-state index contributed by atoms with van der Waals surface area (Å²) in [4.78, 5) is 14.1. The molecule has 0 aromatic heterocycles. The molecule has 0 aromatic carbocycles. The predicted molar refractivity (Wildman–Crippen MR) is 67.0 cm³/mol. The van der Waals surface area contributed by atoms with Crippen LogP contribution in [-0.4, -0.2) is 29.9 Å². The lowest BCUT2D eigenvalue weighted by Crippen LogP contribution is -2.43. The normalized spacial score (nSPS) is 26.9. The van der Waals surface area contributed by atoms with Gasteiger partial charge >= 0.3 is 0 Å². The van der Waals surface area contributed by atoms with Crippen LogP contribution in [-0.2, 0) is 4.79 Å². The zero-order valence-corrected chi connectivity index (χ0v) is 10.9. The lowest BCUT2D eigenvalue weighted by atomic mass is 9.95. The molecule has 1 aliphatic heterocycles. The molecule has 0 radical (unpaired) electrons. The van der Waals surface area contributed by atoms with Crippen molar-refractivity contribution in [2.24, 2.45) is 17.6 Å². The number of hydrogen-bond donors (Lipinski definition) is 1. The van der Waals surface area contributed by atoms with Gasteiger partial charge in [-0.3, -0.25) is 4.79 Å². The summed E-state index contributed by atoms with van der Waals surface area (Å²) >= 11 is 0. The molecule has 1 amide bonds. The Balaban J connectivity index is 2.70. The van der Waals surface area contributed by atoms with E-state index in [1.165, 1.54) is 6.42 Å². The zero-order valence-electron chi connectivity index (χ0n) is 10.9. The van der Waals surface area contributed by atoms with Crippen LogP contribution in [0.25, 0.3) is 0 Å². The number of nitrogens with two attached hydrogens (primary N) is 1. The molecule has 0 aromatic rings. The number of nitrogens with zero attached hydrogens (tertiary/aromatic N) is 1. The minimum absolute atomic E-state index is 0.246. The van der Waals surface area contributed by atoms with Gasteiger partial charge in [-0.1, -0.05) is 20.8 Å². The van der Waals surface area contributed by atoms with Crippen LogP contribution in [0.4, 0.5) is 0 Å². The number of amides is 1. The molecule has 0 unspecified atom stereocenters. The fraction of sp³-hybridized carbons (Fsp3) is 0.923. The van der Waals surface area contributed by atoms with Crippen LogP contribution in [0.5, 0.6) is 0 Å². The van der Waals surface area contributed by atoms with Gasteiger partial charge in [0.05, 0.1) is 0 Å². The van der Waals surface area contributed by atoms with Crippen molar-refractivity contribution < 1.29 is 4.79 Å². The summed E-state index contributed by atoms with van der Waals surface area (Å²) in [5.74, 6) is 1.54. The van der Waals surface area contributed by atoms with Crippen molar-refractivity contribution in [2.45, 2.75) is 52.5 Å². The molecule has 2 atom stereocenters. The van der Waals surface area contributed by atoms with Crippen LogP contribution in [0.3, 0.4) is 0 Å². The fourth-order valence-corrected chi connectivity index (χ4v) is 2.55. The Bertz CT molecular complexity index is 228. The van der Waals surface area contributed by atoms with E-state index in [4.69, 9.17) is 5.73 Å². The summed E-state index contributed by atoms with van der Waals surface area (Å²) in [7, 11) is 0. The van der Waals surface area contributed by atoms with Gasteiger partial charge in [0.25, 0.3) is 0 Å². The SMILES string of the molecule is CC(C)[C@@H]1CC[C@@H](C)CCN1C(=O)CCN. The number of carbonyl (C=O) groups is 1. The third-order valence-electron chi connectivity index (χ3n) is 3.67. The highest BCUT2D eigenvalue weighted by Crippen LogP contribution is 2.26. The van der Waals surface area contributed by atoms with Gasteiger partial charge in [0.1, 0.15) is 0 Å². The first-order chi connectivity index (χ1) is 7.56. The maximum absolute atomic E-state index is 12.0. The minimum Gasteiger partial charge on any atom is -0.339 e. The Labute approximate surface area is 99.4 Å². The molecule has 0 spiro atoms. The van der Waals surface area contributed by atoms with Gasteiger partial charge in [0.2, 0.25) is 5.91 Å². The van der Waals surface area contributed by atoms with Crippen molar-refractivity contribution in [3.05, 3.63) is 0 Å². The molecule has 1 heterocycles. The van der Waals surface area contributed by atoms with Gasteiger partial charge in [-0.25, -0.2) is 0 Å². The van der Waals surface area contributed by atoms with Gasteiger partial charge in [0, 0.05) is 25.6 Å². The molecule has 1 fully saturated rings. The minimum atomic E-state index is 0.246. The molecular weight excluding hydrogens is 200 g/mol. The number of carbonyl (C=O) groups excluding carboxylic acids is 1. The van der Waals surface area contributed by atoms with Gasteiger partial charge in [-0.15, -0.1) is 0 Å². The van der Waals surface area contributed by atoms with Gasteiger partial charge in [0.15, 0.2) is 0 Å². The largest absolute Gasteiger partial charge is 0.339 e. The second-order valence-electron chi connectivity index (χ2n) is 5.41. The Morgan fingerprint density at radius 2 is 2.06 bits per heavy atom. The number of likely N-dealkylation sites (tertiary alicyclic amines) is 1. The second kappa shape index (κ2) is 6.24. The highest BCUT2D eigenvalue weighted by atomic mass is 16.2. The molecule has 1 aliphatic rings. The monoisotopic (exact) mass is 226 g/mol. The Morgan fingerprint density at radius 1 is 1.38 bits per heavy atom. The maximum Gasteiger partial charge on any atom is 0.224 e. The summed E-state index contributed by atoms with van der Waals surface area (Å²) in [6, 6.07) is 0.420. The summed E-state index contributed by atoms with van der Waals surface area (Å²) in [6.45, 7) is 8.10. The first-order valence-electron chi connectivity index (χ1n) is 6.55. The smallest absolute Gasteiger partial charge is 0.224 e. The molecule has 0 aliphatic carbocycles. The molecule has 1 rings (SSSR count). The molecule has 1 saturated heterocycles. The summed E-state index contributed by atoms with van der Waals surface area (Å²) in [5, 5.41) is 0. The molecule has 0 bridgehead atoms. The third kappa shape index (κ3) is 3.48. The lowest BCUT2D eigenvalue weighted by molar-refractivity contribution is -0.134. The second-order valence-corrected chi connectivity index (χ2v) is 5.41. The van der Waals surface area contributed by atoms with Gasteiger partial charge in [-0.2, -0.15) is 0 Å². The van der Waals surface area contributed by atoms with E-state index in [2.05, 4.69) is 25.7 Å². The Hall–Kier alpha value is -0.570. The van der Waals surface area contributed by atoms with Crippen molar-refractivity contribution in [2.75, 3.05) is 13.1 Å². The Kier molecular flexibility index (Phi) is 5.26. The van der Waals surface area contributed by atoms with Crippen molar-refractivity contribution in [3.8, 4) is 0 Å². The van der Waals surface area contributed by atoms with E-state index >= 15 is 0 Å². The molecular formula is C13H26N2O. The van der Waals surface area contributed by atoms with Crippen LogP contribution in [0, 0.1) is 11.8 Å². The predicted octanol–water partition coefficient (Wildman–Crippen LogP) is 2.01. The van der Waals surface area contributed by atoms with Crippen molar-refractivity contribution in [1.29, 1.82) is 0 Å². The summed E-state index contributed by atoms with van der Waals surface area (Å²) in [6.07, 6.45) is 4.03. The first kappa shape index (κ1) is 13.5. The van der Waals surface area contributed by atoms with Crippen LogP contribution < -0.4 is 5.73 Å². The average molecular weight is 226 g/mol. The van der Waals surface area contributed by atoms with E-state index < -0.39 is 0 Å². The van der Waals surface area contributed by atoms with E-state index in [-0.39, 0.29) is 5.91 Å². The average Bonchev–Trinajstić information content (AvgIpc) is 2.40. The van der Waals surface area contributed by atoms with Crippen LogP contribution >= 0.6 is 0 Å². The molecule has 94 valence electrons. The first-order valence-corrected chi connectivity index (χ1v) is 6.55. The summed E-state index contributed by atoms with van der Waals surface area (Å²) in [5.41, 5.74) is 5.48. The lowest BCUT2D eigenvalue weighted by Gasteiger charge is -2.33. The molecule has 0 saturated carbocycles. The summed E-state index contributed by atoms with van der Waals surface area (Å²) < 4.78 is 0. The van der Waals surface area contributed by atoms with Crippen LogP contribution in [0.15, 0.2) is 0 Å². The van der Waals surface area contributed by atoms with Crippen LogP contribution in [0.2, 0.25) is 0 Å². The molecule has 2 N–H and O–H groups in total. The highest BCUT2D eigenvalue weighted by Gasteiger charge is 2.28. The highest BCUT2D eigenvalue weighted by molar-refractivity contribution is 5.76. The third-order valence-corrected chi connectivity index (χ3v) is 3.67. The quantitative estimate of drug-likeness (QED) is 0.800. The van der Waals surface area contributed by atoms with E-state index in [1.807, 2.05) is 0 Å². The fourth-order valence-electron chi connectivity index (χ4n) is 2.55. The topological polar surface area (TPSA) is 46.3 Å². The standard InChI is InChI=1S/C13H26N2O/c1-10(2)12-5-4-11(3)7-9-15(12)13(16)6-8-14/h10-12H,4-9,14H2,1-3H3/t11-,12+/m1/s1. The maximum atomic E-state index is 12.0. The van der Waals surface area contributed by atoms with E-state index in [0.29, 0.717) is 24.9 Å². The van der Waals surface area contributed by atoms with E-state index in [1.54, 1.807) is 0 Å².